The van der Waals surface area contributed by atoms with Crippen LogP contribution < -0.4 is 10.6 Å². The molecule has 0 unspecified atom stereocenters. The van der Waals surface area contributed by atoms with Gasteiger partial charge in [0, 0.05) is 17.1 Å². The first kappa shape index (κ1) is 19.4. The van der Waals surface area contributed by atoms with Crippen LogP contribution in [0.15, 0.2) is 30.3 Å². The van der Waals surface area contributed by atoms with Gasteiger partial charge in [-0.2, -0.15) is 13.2 Å². The van der Waals surface area contributed by atoms with Crippen LogP contribution in [0, 0.1) is 0 Å². The molecule has 0 bridgehead atoms. The van der Waals surface area contributed by atoms with E-state index in [1.807, 2.05) is 0 Å². The summed E-state index contributed by atoms with van der Waals surface area (Å²) in [5, 5.41) is 16.0. The lowest BCUT2D eigenvalue weighted by Gasteiger charge is -2.10. The van der Waals surface area contributed by atoms with E-state index in [1.54, 1.807) is 7.05 Å². The maximum absolute atomic E-state index is 12.8. The molecule has 3 rings (SSSR count). The van der Waals surface area contributed by atoms with Crippen molar-refractivity contribution in [2.24, 2.45) is 0 Å². The van der Waals surface area contributed by atoms with Gasteiger partial charge in [-0.25, -0.2) is 4.98 Å². The van der Waals surface area contributed by atoms with Gasteiger partial charge in [0.15, 0.2) is 5.13 Å². The third kappa shape index (κ3) is 4.15. The summed E-state index contributed by atoms with van der Waals surface area (Å²) >= 11 is 6.90. The highest BCUT2D eigenvalue weighted by atomic mass is 35.5. The molecule has 10 heteroatoms. The van der Waals surface area contributed by atoms with E-state index in [4.69, 9.17) is 11.6 Å². The monoisotopic (exact) mass is 415 g/mol. The van der Waals surface area contributed by atoms with Crippen molar-refractivity contribution in [2.45, 2.75) is 12.7 Å². The Morgan fingerprint density at radius 2 is 2.04 bits per heavy atom. The molecule has 0 atom stereocenters. The third-order valence-electron chi connectivity index (χ3n) is 3.70. The molecule has 2 aromatic carbocycles. The van der Waals surface area contributed by atoms with Crippen LogP contribution in [0.4, 0.5) is 18.3 Å². The Kier molecular flexibility index (Phi) is 5.27. The molecule has 0 spiro atoms. The fourth-order valence-electron chi connectivity index (χ4n) is 2.47. The van der Waals surface area contributed by atoms with Gasteiger partial charge in [-0.3, -0.25) is 10.1 Å². The van der Waals surface area contributed by atoms with Gasteiger partial charge in [0.2, 0.25) is 0 Å². The fraction of sp³-hybridized carbons (Fsp3) is 0.176. The molecule has 0 saturated carbocycles. The number of amides is 1. The van der Waals surface area contributed by atoms with Crippen molar-refractivity contribution in [3.8, 4) is 5.75 Å². The number of thiazole rings is 1. The van der Waals surface area contributed by atoms with E-state index in [1.165, 1.54) is 18.2 Å². The molecule has 3 aromatic rings. The van der Waals surface area contributed by atoms with Crippen molar-refractivity contribution in [1.29, 1.82) is 0 Å². The molecule has 1 aromatic heterocycles. The van der Waals surface area contributed by atoms with E-state index in [0.717, 1.165) is 23.5 Å². The molecule has 0 saturated heterocycles. The van der Waals surface area contributed by atoms with Crippen molar-refractivity contribution in [3.05, 3.63) is 52.0 Å². The Hall–Kier alpha value is -2.36. The van der Waals surface area contributed by atoms with Gasteiger partial charge in [0.05, 0.1) is 21.3 Å². The number of hydrogen-bond donors (Lipinski definition) is 3. The molecule has 1 amide bonds. The van der Waals surface area contributed by atoms with Crippen LogP contribution in [0.2, 0.25) is 5.02 Å². The van der Waals surface area contributed by atoms with E-state index in [0.29, 0.717) is 17.6 Å². The van der Waals surface area contributed by atoms with Gasteiger partial charge < -0.3 is 10.4 Å². The van der Waals surface area contributed by atoms with E-state index >= 15 is 0 Å². The van der Waals surface area contributed by atoms with E-state index in [2.05, 4.69) is 15.6 Å². The Balaban J connectivity index is 1.90. The number of phenols is 1. The number of aromatic nitrogens is 1. The first-order valence-corrected chi connectivity index (χ1v) is 8.83. The normalized spacial score (nSPS) is 11.7. The summed E-state index contributed by atoms with van der Waals surface area (Å²) in [7, 11) is 1.68. The number of fused-ring (bicyclic) bond motifs is 1. The minimum absolute atomic E-state index is 0.0528. The van der Waals surface area contributed by atoms with Crippen LogP contribution in [0.5, 0.6) is 5.75 Å². The zero-order valence-corrected chi connectivity index (χ0v) is 15.4. The quantitative estimate of drug-likeness (QED) is 0.580. The number of carbonyl (C=O) groups is 1. The number of rotatable bonds is 4. The van der Waals surface area contributed by atoms with Crippen LogP contribution in [0.25, 0.3) is 10.2 Å². The van der Waals surface area contributed by atoms with Gasteiger partial charge in [-0.05, 0) is 37.4 Å². The van der Waals surface area contributed by atoms with E-state index in [9.17, 15) is 23.1 Å². The molecule has 0 aliphatic carbocycles. The number of hydrogen-bond acceptors (Lipinski definition) is 5. The Labute approximate surface area is 160 Å². The van der Waals surface area contributed by atoms with Gasteiger partial charge >= 0.3 is 6.18 Å². The van der Waals surface area contributed by atoms with Crippen molar-refractivity contribution >= 4 is 44.2 Å². The molecule has 1 heterocycles. The van der Waals surface area contributed by atoms with Crippen LogP contribution in [0.3, 0.4) is 0 Å². The average Bonchev–Trinajstić information content (AvgIpc) is 2.98. The first-order chi connectivity index (χ1) is 12.7. The highest BCUT2D eigenvalue weighted by molar-refractivity contribution is 7.22. The maximum Gasteiger partial charge on any atom is 0.416 e. The SMILES string of the molecule is CNCc1cc(Cl)cc(C(=O)Nc2nc3ccc(C(F)(F)F)cc3s2)c1O. The fourth-order valence-corrected chi connectivity index (χ4v) is 3.61. The minimum atomic E-state index is -4.46. The second-order valence-electron chi connectivity index (χ2n) is 5.64. The second-order valence-corrected chi connectivity index (χ2v) is 7.11. The van der Waals surface area contributed by atoms with Crippen LogP contribution in [-0.4, -0.2) is 23.0 Å². The predicted octanol–water partition coefficient (Wildman–Crippen LogP) is 4.65. The standard InChI is InChI=1S/C17H13ClF3N3O2S/c1-22-7-8-4-10(18)6-11(14(8)25)15(26)24-16-23-12-3-2-9(17(19,20)21)5-13(12)27-16/h2-6,22,25H,7H2,1H3,(H,23,24,26). The topological polar surface area (TPSA) is 74.2 Å². The number of halogens is 4. The van der Waals surface area contributed by atoms with E-state index < -0.39 is 17.6 Å². The van der Waals surface area contributed by atoms with Gasteiger partial charge in [0.1, 0.15) is 5.75 Å². The average molecular weight is 416 g/mol. The first-order valence-electron chi connectivity index (χ1n) is 7.64. The molecule has 0 aliphatic rings. The lowest BCUT2D eigenvalue weighted by molar-refractivity contribution is -0.137. The second kappa shape index (κ2) is 7.34. The Morgan fingerprint density at radius 1 is 1.30 bits per heavy atom. The van der Waals surface area contributed by atoms with Crippen LogP contribution >= 0.6 is 22.9 Å². The highest BCUT2D eigenvalue weighted by Gasteiger charge is 2.30. The number of aromatic hydroxyl groups is 1. The number of alkyl halides is 3. The summed E-state index contributed by atoms with van der Waals surface area (Å²) in [6, 6.07) is 5.98. The number of anilines is 1. The molecule has 0 aliphatic heterocycles. The lowest BCUT2D eigenvalue weighted by atomic mass is 10.1. The van der Waals surface area contributed by atoms with Crippen LogP contribution in [-0.2, 0) is 12.7 Å². The molecule has 3 N–H and O–H groups in total. The summed E-state index contributed by atoms with van der Waals surface area (Å²) in [6.45, 7) is 0.300. The van der Waals surface area contributed by atoms with Crippen molar-refractivity contribution in [1.82, 2.24) is 10.3 Å². The van der Waals surface area contributed by atoms with Crippen LogP contribution in [0.1, 0.15) is 21.5 Å². The number of nitrogens with one attached hydrogen (secondary N) is 2. The molecule has 27 heavy (non-hydrogen) atoms. The number of carbonyl (C=O) groups excluding carboxylic acids is 1. The third-order valence-corrected chi connectivity index (χ3v) is 4.85. The lowest BCUT2D eigenvalue weighted by Crippen LogP contribution is -2.14. The molecular formula is C17H13ClF3N3O2S. The maximum atomic E-state index is 12.8. The summed E-state index contributed by atoms with van der Waals surface area (Å²) in [4.78, 5) is 16.6. The molecule has 0 radical (unpaired) electrons. The molecule has 142 valence electrons. The van der Waals surface area contributed by atoms with Crippen molar-refractivity contribution in [2.75, 3.05) is 12.4 Å². The van der Waals surface area contributed by atoms with Gasteiger partial charge in [0.25, 0.3) is 5.91 Å². The minimum Gasteiger partial charge on any atom is -0.507 e. The van der Waals surface area contributed by atoms with Gasteiger partial charge in [-0.1, -0.05) is 22.9 Å². The largest absolute Gasteiger partial charge is 0.507 e. The summed E-state index contributed by atoms with van der Waals surface area (Å²) in [5.74, 6) is -0.894. The summed E-state index contributed by atoms with van der Waals surface area (Å²) in [6.07, 6.45) is -4.46. The molecular weight excluding hydrogens is 403 g/mol. The number of phenolic OH excluding ortho intramolecular Hbond substituents is 1. The smallest absolute Gasteiger partial charge is 0.416 e. The van der Waals surface area contributed by atoms with Gasteiger partial charge in [-0.15, -0.1) is 0 Å². The molecule has 0 fully saturated rings. The predicted molar refractivity (Wildman–Crippen MR) is 98.5 cm³/mol. The van der Waals surface area contributed by atoms with Crippen molar-refractivity contribution < 1.29 is 23.1 Å². The Bertz CT molecular complexity index is 1020. The van der Waals surface area contributed by atoms with Crippen molar-refractivity contribution in [3.63, 3.8) is 0 Å². The summed E-state index contributed by atoms with van der Waals surface area (Å²) < 4.78 is 38.7. The zero-order valence-electron chi connectivity index (χ0n) is 13.8. The zero-order chi connectivity index (χ0) is 19.8. The summed E-state index contributed by atoms with van der Waals surface area (Å²) in [5.41, 5.74) is -0.0764. The number of nitrogens with zero attached hydrogens (tertiary/aromatic N) is 1. The number of benzene rings is 2. The highest BCUT2D eigenvalue weighted by Crippen LogP contribution is 2.35. The van der Waals surface area contributed by atoms with E-state index in [-0.39, 0.29) is 26.2 Å². The Morgan fingerprint density at radius 3 is 2.70 bits per heavy atom. The molecule has 5 nitrogen and oxygen atoms in total.